The molecule has 0 aromatic heterocycles. The summed E-state index contributed by atoms with van der Waals surface area (Å²) in [5.41, 5.74) is -0.246. The van der Waals surface area contributed by atoms with Crippen molar-refractivity contribution in [1.82, 2.24) is 0 Å². The minimum absolute atomic E-state index is 0.00233. The predicted octanol–water partition coefficient (Wildman–Crippen LogP) is 4.10. The molecule has 2 aliphatic heterocycles. The number of sulfone groups is 1. The van der Waals surface area contributed by atoms with Crippen molar-refractivity contribution in [3.8, 4) is 5.75 Å². The van der Waals surface area contributed by atoms with Gasteiger partial charge in [-0.3, -0.25) is 0 Å². The highest BCUT2D eigenvalue weighted by Gasteiger charge is 2.60. The first-order chi connectivity index (χ1) is 12.8. The highest BCUT2D eigenvalue weighted by atomic mass is 35.5. The number of fused-ring (bicyclic) bond motifs is 3. The van der Waals surface area contributed by atoms with Gasteiger partial charge in [-0.05, 0) is 49.7 Å². The summed E-state index contributed by atoms with van der Waals surface area (Å²) in [5, 5.41) is 0.382. The van der Waals surface area contributed by atoms with Crippen molar-refractivity contribution in [2.75, 3.05) is 13.2 Å². The summed E-state index contributed by atoms with van der Waals surface area (Å²) < 4.78 is 66.3. The highest BCUT2D eigenvalue weighted by Crippen LogP contribution is 2.55. The molecule has 144 valence electrons. The predicted molar refractivity (Wildman–Crippen MR) is 95.7 cm³/mol. The Morgan fingerprint density at radius 2 is 1.78 bits per heavy atom. The van der Waals surface area contributed by atoms with Crippen molar-refractivity contribution >= 4 is 21.4 Å². The lowest BCUT2D eigenvalue weighted by Crippen LogP contribution is -2.56. The fourth-order valence-corrected chi connectivity index (χ4v) is 6.70. The molecular weight excluding hydrogens is 398 g/mol. The van der Waals surface area contributed by atoms with Crippen molar-refractivity contribution in [3.05, 3.63) is 58.6 Å². The molecule has 2 aromatic carbocycles. The normalized spacial score (nSPS) is 27.4. The Morgan fingerprint density at radius 1 is 1.11 bits per heavy atom. The van der Waals surface area contributed by atoms with E-state index in [2.05, 4.69) is 0 Å². The minimum atomic E-state index is -4.11. The molecule has 4 rings (SSSR count). The van der Waals surface area contributed by atoms with E-state index < -0.39 is 38.2 Å². The lowest BCUT2D eigenvalue weighted by molar-refractivity contribution is -0.0626. The Balaban J connectivity index is 2.04. The zero-order chi connectivity index (χ0) is 19.4. The summed E-state index contributed by atoms with van der Waals surface area (Å²) in [4.78, 5) is 0.00233. The number of hydrogen-bond acceptors (Lipinski definition) is 4. The van der Waals surface area contributed by atoms with Gasteiger partial charge in [0.05, 0.1) is 23.2 Å². The van der Waals surface area contributed by atoms with Gasteiger partial charge in [0.25, 0.3) is 0 Å². The summed E-state index contributed by atoms with van der Waals surface area (Å²) >= 11 is 5.89. The second-order valence-electron chi connectivity index (χ2n) is 6.82. The molecule has 0 radical (unpaired) electrons. The van der Waals surface area contributed by atoms with Gasteiger partial charge in [-0.2, -0.15) is 0 Å². The third-order valence-corrected chi connectivity index (χ3v) is 8.33. The fraction of sp³-hybridized carbons (Fsp3) is 0.368. The van der Waals surface area contributed by atoms with Crippen LogP contribution in [0.4, 0.5) is 8.78 Å². The van der Waals surface area contributed by atoms with Crippen LogP contribution in [0.15, 0.2) is 41.3 Å². The molecule has 1 fully saturated rings. The Labute approximate surface area is 161 Å². The first-order valence-electron chi connectivity index (χ1n) is 8.52. The lowest BCUT2D eigenvalue weighted by atomic mass is 9.76. The molecule has 0 aliphatic carbocycles. The van der Waals surface area contributed by atoms with Crippen LogP contribution in [0.5, 0.6) is 5.75 Å². The average molecular weight is 415 g/mol. The van der Waals surface area contributed by atoms with Gasteiger partial charge < -0.3 is 9.47 Å². The van der Waals surface area contributed by atoms with Crippen LogP contribution in [-0.2, 0) is 19.3 Å². The van der Waals surface area contributed by atoms with E-state index in [1.54, 1.807) is 6.92 Å². The van der Waals surface area contributed by atoms with E-state index in [0.717, 1.165) is 12.1 Å². The second-order valence-corrected chi connectivity index (χ2v) is 9.47. The van der Waals surface area contributed by atoms with Crippen molar-refractivity contribution in [2.24, 2.45) is 5.92 Å². The first kappa shape index (κ1) is 18.7. The van der Waals surface area contributed by atoms with Crippen LogP contribution in [-0.4, -0.2) is 27.7 Å². The van der Waals surface area contributed by atoms with Crippen LogP contribution in [0.3, 0.4) is 0 Å². The molecule has 0 saturated carbocycles. The number of ether oxygens (including phenoxy) is 2. The standard InChI is InChI=1S/C19H17ClF2O4S/c1-11-14-10-26-18-16(22)7-6-15(21)17(18)19(14,8-9-25-11)27(23,24)13-4-2-12(20)3-5-13/h2-7,11,14H,8-10H2,1H3. The summed E-state index contributed by atoms with van der Waals surface area (Å²) in [7, 11) is -4.11. The molecule has 4 nitrogen and oxygen atoms in total. The molecule has 2 heterocycles. The van der Waals surface area contributed by atoms with Gasteiger partial charge in [0.1, 0.15) is 10.6 Å². The van der Waals surface area contributed by atoms with E-state index in [0.29, 0.717) is 5.02 Å². The van der Waals surface area contributed by atoms with Gasteiger partial charge in [-0.25, -0.2) is 17.2 Å². The van der Waals surface area contributed by atoms with E-state index in [4.69, 9.17) is 21.1 Å². The zero-order valence-corrected chi connectivity index (χ0v) is 16.0. The molecule has 2 aromatic rings. The van der Waals surface area contributed by atoms with E-state index >= 15 is 0 Å². The molecule has 0 bridgehead atoms. The quantitative estimate of drug-likeness (QED) is 0.742. The Bertz CT molecular complexity index is 994. The molecular formula is C19H17ClF2O4S. The number of hydrogen-bond donors (Lipinski definition) is 0. The number of halogens is 3. The van der Waals surface area contributed by atoms with Gasteiger partial charge in [0.15, 0.2) is 21.4 Å². The highest BCUT2D eigenvalue weighted by molar-refractivity contribution is 7.92. The number of rotatable bonds is 2. The van der Waals surface area contributed by atoms with Crippen LogP contribution < -0.4 is 4.74 Å². The summed E-state index contributed by atoms with van der Waals surface area (Å²) in [6.45, 7) is 1.75. The molecule has 27 heavy (non-hydrogen) atoms. The summed E-state index contributed by atoms with van der Waals surface area (Å²) in [5.74, 6) is -2.61. The van der Waals surface area contributed by atoms with Gasteiger partial charge in [0.2, 0.25) is 0 Å². The van der Waals surface area contributed by atoms with Gasteiger partial charge in [-0.1, -0.05) is 11.6 Å². The third-order valence-electron chi connectivity index (χ3n) is 5.51. The maximum absolute atomic E-state index is 14.9. The van der Waals surface area contributed by atoms with E-state index in [1.807, 2.05) is 0 Å². The second kappa shape index (κ2) is 6.43. The average Bonchev–Trinajstić information content (AvgIpc) is 2.64. The molecule has 0 N–H and O–H groups in total. The van der Waals surface area contributed by atoms with Gasteiger partial charge in [0, 0.05) is 17.5 Å². The topological polar surface area (TPSA) is 52.6 Å². The van der Waals surface area contributed by atoms with Crippen molar-refractivity contribution in [3.63, 3.8) is 0 Å². The zero-order valence-electron chi connectivity index (χ0n) is 14.4. The monoisotopic (exact) mass is 414 g/mol. The molecule has 3 atom stereocenters. The Morgan fingerprint density at radius 3 is 2.48 bits per heavy atom. The maximum Gasteiger partial charge on any atom is 0.189 e. The summed E-state index contributed by atoms with van der Waals surface area (Å²) in [6, 6.07) is 7.58. The first-order valence-corrected chi connectivity index (χ1v) is 10.4. The molecule has 8 heteroatoms. The largest absolute Gasteiger partial charge is 0.490 e. The van der Waals surface area contributed by atoms with Crippen LogP contribution >= 0.6 is 11.6 Å². The van der Waals surface area contributed by atoms with Gasteiger partial charge in [-0.15, -0.1) is 0 Å². The van der Waals surface area contributed by atoms with Crippen molar-refractivity contribution in [2.45, 2.75) is 29.1 Å². The maximum atomic E-state index is 14.9. The van der Waals surface area contributed by atoms with E-state index in [-0.39, 0.29) is 35.8 Å². The van der Waals surface area contributed by atoms with Crippen LogP contribution in [0, 0.1) is 17.6 Å². The van der Waals surface area contributed by atoms with Crippen molar-refractivity contribution < 1.29 is 26.7 Å². The minimum Gasteiger partial charge on any atom is -0.490 e. The molecule has 2 aliphatic rings. The molecule has 0 amide bonds. The Hall–Kier alpha value is -1.70. The van der Waals surface area contributed by atoms with Gasteiger partial charge >= 0.3 is 0 Å². The van der Waals surface area contributed by atoms with E-state index in [9.17, 15) is 17.2 Å². The van der Waals surface area contributed by atoms with Crippen LogP contribution in [0.2, 0.25) is 5.02 Å². The molecule has 3 unspecified atom stereocenters. The fourth-order valence-electron chi connectivity index (χ4n) is 4.19. The summed E-state index contributed by atoms with van der Waals surface area (Å²) in [6.07, 6.45) is -0.499. The lowest BCUT2D eigenvalue weighted by Gasteiger charge is -2.49. The van der Waals surface area contributed by atoms with E-state index in [1.165, 1.54) is 24.3 Å². The van der Waals surface area contributed by atoms with Crippen LogP contribution in [0.1, 0.15) is 18.9 Å². The van der Waals surface area contributed by atoms with Crippen LogP contribution in [0.25, 0.3) is 0 Å². The molecule has 0 spiro atoms. The Kier molecular flexibility index (Phi) is 4.44. The number of benzene rings is 2. The van der Waals surface area contributed by atoms with Crippen molar-refractivity contribution in [1.29, 1.82) is 0 Å². The third kappa shape index (κ3) is 2.59. The SMILES string of the molecule is CC1OCCC2(S(=O)(=O)c3ccc(Cl)cc3)c3c(F)ccc(F)c3OCC12. The molecule has 1 saturated heterocycles. The smallest absolute Gasteiger partial charge is 0.189 e.